The van der Waals surface area contributed by atoms with Gasteiger partial charge in [-0.15, -0.1) is 0 Å². The lowest BCUT2D eigenvalue weighted by Gasteiger charge is -2.20. The maximum absolute atomic E-state index is 4.78. The van der Waals surface area contributed by atoms with Crippen LogP contribution in [0.5, 0.6) is 0 Å². The molecule has 0 saturated carbocycles. The minimum Gasteiger partial charge on any atom is -0.369 e. The second-order valence-electron chi connectivity index (χ2n) is 7.02. The van der Waals surface area contributed by atoms with Crippen LogP contribution in [0, 0.1) is 0 Å². The average Bonchev–Trinajstić information content (AvgIpc) is 3.16. The Kier molecular flexibility index (Phi) is 6.52. The Labute approximate surface area is 162 Å². The van der Waals surface area contributed by atoms with Crippen LogP contribution >= 0.6 is 0 Å². The van der Waals surface area contributed by atoms with Crippen molar-refractivity contribution in [3.63, 3.8) is 0 Å². The maximum Gasteiger partial charge on any atom is 0.191 e. The number of pyridine rings is 1. The largest absolute Gasteiger partial charge is 0.369 e. The molecule has 6 heteroatoms. The molecule has 0 bridgehead atoms. The highest BCUT2D eigenvalue weighted by molar-refractivity contribution is 5.80. The minimum absolute atomic E-state index is 0.401. The van der Waals surface area contributed by atoms with Gasteiger partial charge in [0.05, 0.1) is 6.54 Å². The van der Waals surface area contributed by atoms with Crippen molar-refractivity contribution < 1.29 is 0 Å². The standard InChI is InChI=1S/C21H30N6/c1-4-22-21(24-15-17-10-12-23-20(14-17)26(2)3)25-18-11-13-27(16-18)19-8-6-5-7-9-19/h5-10,12,14,18H,4,11,13,15-16H2,1-3H3,(H2,22,24,25). The van der Waals surface area contributed by atoms with Gasteiger partial charge in [-0.25, -0.2) is 9.98 Å². The maximum atomic E-state index is 4.78. The SMILES string of the molecule is CCNC(=NCc1ccnc(N(C)C)c1)NC1CCN(c2ccccc2)C1. The summed E-state index contributed by atoms with van der Waals surface area (Å²) in [4.78, 5) is 13.6. The molecule has 1 aliphatic rings. The van der Waals surface area contributed by atoms with Gasteiger partial charge in [0, 0.05) is 51.7 Å². The lowest BCUT2D eigenvalue weighted by atomic mass is 10.2. The average molecular weight is 367 g/mol. The van der Waals surface area contributed by atoms with Gasteiger partial charge in [0.2, 0.25) is 0 Å². The molecule has 1 atom stereocenters. The monoisotopic (exact) mass is 366 g/mol. The van der Waals surface area contributed by atoms with E-state index < -0.39 is 0 Å². The Hall–Kier alpha value is -2.76. The number of hydrogen-bond acceptors (Lipinski definition) is 4. The summed E-state index contributed by atoms with van der Waals surface area (Å²) in [6.07, 6.45) is 2.95. The Morgan fingerprint density at radius 2 is 2.07 bits per heavy atom. The zero-order valence-corrected chi connectivity index (χ0v) is 16.5. The molecular formula is C21H30N6. The normalized spacial score (nSPS) is 17.1. The van der Waals surface area contributed by atoms with E-state index in [2.05, 4.69) is 63.8 Å². The molecule has 1 unspecified atom stereocenters. The van der Waals surface area contributed by atoms with E-state index in [4.69, 9.17) is 4.99 Å². The summed E-state index contributed by atoms with van der Waals surface area (Å²) >= 11 is 0. The first-order valence-electron chi connectivity index (χ1n) is 9.63. The molecule has 2 N–H and O–H groups in total. The van der Waals surface area contributed by atoms with Crippen LogP contribution < -0.4 is 20.4 Å². The zero-order chi connectivity index (χ0) is 19.1. The van der Waals surface area contributed by atoms with Crippen molar-refractivity contribution in [2.75, 3.05) is 43.5 Å². The molecular weight excluding hydrogens is 336 g/mol. The molecule has 6 nitrogen and oxygen atoms in total. The summed E-state index contributed by atoms with van der Waals surface area (Å²) in [5.74, 6) is 1.83. The van der Waals surface area contributed by atoms with Crippen LogP contribution in [0.25, 0.3) is 0 Å². The van der Waals surface area contributed by atoms with Gasteiger partial charge in [-0.05, 0) is 43.2 Å². The topological polar surface area (TPSA) is 55.8 Å². The minimum atomic E-state index is 0.401. The number of guanidine groups is 1. The third kappa shape index (κ3) is 5.36. The van der Waals surface area contributed by atoms with Gasteiger partial charge in [0.1, 0.15) is 5.82 Å². The number of nitrogens with one attached hydrogen (secondary N) is 2. The molecule has 0 spiro atoms. The molecule has 0 amide bonds. The fraction of sp³-hybridized carbons (Fsp3) is 0.429. The number of benzene rings is 1. The van der Waals surface area contributed by atoms with E-state index in [1.807, 2.05) is 31.3 Å². The summed E-state index contributed by atoms with van der Waals surface area (Å²) in [6, 6.07) is 15.1. The van der Waals surface area contributed by atoms with E-state index in [1.54, 1.807) is 0 Å². The van der Waals surface area contributed by atoms with Crippen molar-refractivity contribution in [3.05, 3.63) is 54.2 Å². The molecule has 0 aliphatic carbocycles. The number of hydrogen-bond donors (Lipinski definition) is 2. The number of aromatic nitrogens is 1. The Morgan fingerprint density at radius 1 is 1.26 bits per heavy atom. The molecule has 27 heavy (non-hydrogen) atoms. The van der Waals surface area contributed by atoms with E-state index in [9.17, 15) is 0 Å². The molecule has 1 saturated heterocycles. The van der Waals surface area contributed by atoms with Crippen molar-refractivity contribution in [1.29, 1.82) is 0 Å². The first-order valence-corrected chi connectivity index (χ1v) is 9.63. The van der Waals surface area contributed by atoms with E-state index in [0.29, 0.717) is 12.6 Å². The quantitative estimate of drug-likeness (QED) is 0.608. The van der Waals surface area contributed by atoms with Crippen LogP contribution in [-0.4, -0.2) is 50.7 Å². The number of rotatable bonds is 6. The highest BCUT2D eigenvalue weighted by atomic mass is 15.2. The summed E-state index contributed by atoms with van der Waals surface area (Å²) in [5, 5.41) is 6.96. The fourth-order valence-electron chi connectivity index (χ4n) is 3.24. The predicted molar refractivity (Wildman–Crippen MR) is 114 cm³/mol. The molecule has 1 fully saturated rings. The van der Waals surface area contributed by atoms with E-state index in [0.717, 1.165) is 43.4 Å². The first kappa shape index (κ1) is 19.0. The highest BCUT2D eigenvalue weighted by Gasteiger charge is 2.23. The second kappa shape index (κ2) is 9.26. The van der Waals surface area contributed by atoms with Gasteiger partial charge in [0.25, 0.3) is 0 Å². The van der Waals surface area contributed by atoms with E-state index >= 15 is 0 Å². The van der Waals surface area contributed by atoms with Crippen molar-refractivity contribution in [2.45, 2.75) is 25.9 Å². The Bertz CT molecular complexity index is 743. The molecule has 0 radical (unpaired) electrons. The van der Waals surface area contributed by atoms with Crippen LogP contribution in [-0.2, 0) is 6.54 Å². The lowest BCUT2D eigenvalue weighted by molar-refractivity contribution is 0.649. The van der Waals surface area contributed by atoms with Crippen LogP contribution in [0.4, 0.5) is 11.5 Å². The third-order valence-corrected chi connectivity index (χ3v) is 4.68. The molecule has 1 aliphatic heterocycles. The highest BCUT2D eigenvalue weighted by Crippen LogP contribution is 2.19. The number of nitrogens with zero attached hydrogens (tertiary/aromatic N) is 4. The summed E-state index contributed by atoms with van der Waals surface area (Å²) in [7, 11) is 4.00. The van der Waals surface area contributed by atoms with Crippen LogP contribution in [0.3, 0.4) is 0 Å². The first-order chi connectivity index (χ1) is 13.2. The van der Waals surface area contributed by atoms with Crippen LogP contribution in [0.1, 0.15) is 18.9 Å². The van der Waals surface area contributed by atoms with Gasteiger partial charge >= 0.3 is 0 Å². The second-order valence-corrected chi connectivity index (χ2v) is 7.02. The van der Waals surface area contributed by atoms with Crippen molar-refractivity contribution in [3.8, 4) is 0 Å². The molecule has 2 heterocycles. The third-order valence-electron chi connectivity index (χ3n) is 4.68. The van der Waals surface area contributed by atoms with Gasteiger partial charge in [-0.2, -0.15) is 0 Å². The van der Waals surface area contributed by atoms with E-state index in [-0.39, 0.29) is 0 Å². The fourth-order valence-corrected chi connectivity index (χ4v) is 3.24. The van der Waals surface area contributed by atoms with Crippen molar-refractivity contribution >= 4 is 17.5 Å². The van der Waals surface area contributed by atoms with E-state index in [1.165, 1.54) is 5.69 Å². The molecule has 144 valence electrons. The van der Waals surface area contributed by atoms with Gasteiger partial charge in [-0.1, -0.05) is 18.2 Å². The summed E-state index contributed by atoms with van der Waals surface area (Å²) in [5.41, 5.74) is 2.44. The number of anilines is 2. The summed E-state index contributed by atoms with van der Waals surface area (Å²) < 4.78 is 0. The smallest absolute Gasteiger partial charge is 0.191 e. The lowest BCUT2D eigenvalue weighted by Crippen LogP contribution is -2.44. The van der Waals surface area contributed by atoms with Crippen LogP contribution in [0.15, 0.2) is 53.7 Å². The molecule has 1 aromatic heterocycles. The van der Waals surface area contributed by atoms with Gasteiger partial charge in [0.15, 0.2) is 5.96 Å². The zero-order valence-electron chi connectivity index (χ0n) is 16.5. The van der Waals surface area contributed by atoms with Gasteiger partial charge in [-0.3, -0.25) is 0 Å². The molecule has 3 rings (SSSR count). The van der Waals surface area contributed by atoms with Gasteiger partial charge < -0.3 is 20.4 Å². The molecule has 2 aromatic rings. The van der Waals surface area contributed by atoms with Crippen molar-refractivity contribution in [2.24, 2.45) is 4.99 Å². The van der Waals surface area contributed by atoms with Crippen LogP contribution in [0.2, 0.25) is 0 Å². The van der Waals surface area contributed by atoms with Crippen molar-refractivity contribution in [1.82, 2.24) is 15.6 Å². The summed E-state index contributed by atoms with van der Waals surface area (Å²) in [6.45, 7) is 5.64. The Morgan fingerprint density at radius 3 is 2.81 bits per heavy atom. The predicted octanol–water partition coefficient (Wildman–Crippen LogP) is 2.48. The number of para-hydroxylation sites is 1. The molecule has 1 aromatic carbocycles. The Balaban J connectivity index is 1.60. The number of aliphatic imine (C=N–C) groups is 1.